The topological polar surface area (TPSA) is 84.8 Å². The van der Waals surface area contributed by atoms with Gasteiger partial charge in [0, 0.05) is 25.4 Å². The highest BCUT2D eigenvalue weighted by atomic mass is 32.1. The molecule has 1 fully saturated rings. The summed E-state index contributed by atoms with van der Waals surface area (Å²) in [6, 6.07) is 2.88. The van der Waals surface area contributed by atoms with Crippen LogP contribution in [0.2, 0.25) is 0 Å². The van der Waals surface area contributed by atoms with Gasteiger partial charge in [-0.25, -0.2) is 9.98 Å². The van der Waals surface area contributed by atoms with E-state index in [9.17, 15) is 10.1 Å². The van der Waals surface area contributed by atoms with Gasteiger partial charge in [-0.2, -0.15) is 0 Å². The Kier molecular flexibility index (Phi) is 3.70. The molecule has 3 rings (SSSR count). The predicted octanol–water partition coefficient (Wildman–Crippen LogP) is 3.46. The van der Waals surface area contributed by atoms with E-state index in [0.717, 1.165) is 25.2 Å². The fourth-order valence-corrected chi connectivity index (χ4v) is 2.89. The Morgan fingerprint density at radius 2 is 2.33 bits per heavy atom. The molecule has 0 atom stereocenters. The van der Waals surface area contributed by atoms with Crippen molar-refractivity contribution in [2.75, 3.05) is 13.6 Å². The smallest absolute Gasteiger partial charge is 0.399 e. The van der Waals surface area contributed by atoms with Crippen LogP contribution in [-0.2, 0) is 0 Å². The molecule has 2 aromatic heterocycles. The Morgan fingerprint density at radius 3 is 3.05 bits per heavy atom. The summed E-state index contributed by atoms with van der Waals surface area (Å²) in [5.74, 6) is 1.15. The second kappa shape index (κ2) is 5.65. The lowest BCUT2D eigenvalue weighted by molar-refractivity contribution is -0.401. The monoisotopic (exact) mass is 306 g/mol. The number of piperidine rings is 1. The lowest BCUT2D eigenvalue weighted by Crippen LogP contribution is -2.31. The molecule has 1 aliphatic heterocycles. The van der Waals surface area contributed by atoms with E-state index in [1.807, 2.05) is 7.05 Å². The average Bonchev–Trinajstić information content (AvgIpc) is 3.10. The quantitative estimate of drug-likeness (QED) is 0.640. The fourth-order valence-electron chi connectivity index (χ4n) is 2.20. The van der Waals surface area contributed by atoms with Crippen molar-refractivity contribution in [1.29, 1.82) is 0 Å². The Bertz CT molecular complexity index is 691. The number of likely N-dealkylation sites (tertiary alicyclic amines) is 1. The number of nitro groups is 1. The van der Waals surface area contributed by atoms with E-state index in [1.54, 1.807) is 11.4 Å². The van der Waals surface area contributed by atoms with Gasteiger partial charge in [-0.3, -0.25) is 10.1 Å². The molecular weight excluding hydrogens is 292 g/mol. The van der Waals surface area contributed by atoms with Crippen LogP contribution in [0.4, 0.5) is 11.0 Å². The zero-order valence-corrected chi connectivity index (χ0v) is 12.3. The van der Waals surface area contributed by atoms with Crippen molar-refractivity contribution >= 4 is 28.2 Å². The Morgan fingerprint density at radius 1 is 1.48 bits per heavy atom. The third-order valence-corrected chi connectivity index (χ3v) is 4.06. The van der Waals surface area contributed by atoms with Crippen molar-refractivity contribution in [2.45, 2.75) is 19.3 Å². The molecule has 110 valence electrons. The highest BCUT2D eigenvalue weighted by Gasteiger charge is 2.16. The van der Waals surface area contributed by atoms with Crippen LogP contribution in [0.3, 0.4) is 0 Å². The van der Waals surface area contributed by atoms with E-state index in [4.69, 9.17) is 4.42 Å². The first-order chi connectivity index (χ1) is 10.1. The molecule has 1 saturated heterocycles. The molecule has 3 heterocycles. The molecule has 0 radical (unpaired) electrons. The van der Waals surface area contributed by atoms with Crippen molar-refractivity contribution in [2.24, 2.45) is 4.99 Å². The van der Waals surface area contributed by atoms with Gasteiger partial charge in [-0.1, -0.05) is 0 Å². The van der Waals surface area contributed by atoms with Gasteiger partial charge in [0.25, 0.3) is 0 Å². The highest BCUT2D eigenvalue weighted by molar-refractivity contribution is 7.13. The highest BCUT2D eigenvalue weighted by Crippen LogP contribution is 2.30. The molecule has 21 heavy (non-hydrogen) atoms. The van der Waals surface area contributed by atoms with Crippen LogP contribution in [0, 0.1) is 10.1 Å². The third kappa shape index (κ3) is 2.94. The SMILES string of the molecule is CN1CCCC/C1=N/c1nc(-c2ccc([N+](=O)[O-])o2)cs1. The van der Waals surface area contributed by atoms with Gasteiger partial charge >= 0.3 is 5.88 Å². The molecule has 0 saturated carbocycles. The predicted molar refractivity (Wildman–Crippen MR) is 80.0 cm³/mol. The number of thiazole rings is 1. The molecule has 0 spiro atoms. The number of aromatic nitrogens is 1. The second-order valence-corrected chi connectivity index (χ2v) is 5.65. The maximum Gasteiger partial charge on any atom is 0.433 e. The lowest BCUT2D eigenvalue weighted by atomic mass is 10.1. The van der Waals surface area contributed by atoms with Crippen molar-refractivity contribution in [3.63, 3.8) is 0 Å². The van der Waals surface area contributed by atoms with Crippen LogP contribution in [-0.4, -0.2) is 34.2 Å². The zero-order valence-electron chi connectivity index (χ0n) is 11.5. The van der Waals surface area contributed by atoms with Gasteiger partial charge in [-0.15, -0.1) is 11.3 Å². The molecule has 2 aromatic rings. The Labute approximate surface area is 125 Å². The molecular formula is C13H14N4O3S. The third-order valence-electron chi connectivity index (χ3n) is 3.33. The minimum absolute atomic E-state index is 0.280. The second-order valence-electron chi connectivity index (χ2n) is 4.82. The summed E-state index contributed by atoms with van der Waals surface area (Å²) >= 11 is 1.40. The summed E-state index contributed by atoms with van der Waals surface area (Å²) in [6.07, 6.45) is 3.29. The molecule has 0 aliphatic carbocycles. The number of aliphatic imine (C=N–C) groups is 1. The van der Waals surface area contributed by atoms with E-state index in [-0.39, 0.29) is 5.88 Å². The Balaban J connectivity index is 1.82. The number of hydrogen-bond acceptors (Lipinski definition) is 6. The molecule has 8 heteroatoms. The normalized spacial score (nSPS) is 17.4. The summed E-state index contributed by atoms with van der Waals surface area (Å²) in [5.41, 5.74) is 0.575. The molecule has 0 unspecified atom stereocenters. The van der Waals surface area contributed by atoms with E-state index >= 15 is 0 Å². The molecule has 0 bridgehead atoms. The number of furan rings is 1. The number of hydrogen-bond donors (Lipinski definition) is 0. The zero-order chi connectivity index (χ0) is 14.8. The minimum Gasteiger partial charge on any atom is -0.399 e. The maximum absolute atomic E-state index is 10.6. The summed E-state index contributed by atoms with van der Waals surface area (Å²) in [7, 11) is 2.03. The van der Waals surface area contributed by atoms with Gasteiger partial charge in [0.15, 0.2) is 5.76 Å². The average molecular weight is 306 g/mol. The first-order valence-electron chi connectivity index (χ1n) is 6.62. The molecule has 0 N–H and O–H groups in total. The summed E-state index contributed by atoms with van der Waals surface area (Å²) in [5, 5.41) is 13.1. The largest absolute Gasteiger partial charge is 0.433 e. The van der Waals surface area contributed by atoms with E-state index < -0.39 is 4.92 Å². The van der Waals surface area contributed by atoms with E-state index in [1.165, 1.54) is 23.8 Å². The van der Waals surface area contributed by atoms with Crippen LogP contribution in [0.25, 0.3) is 11.5 Å². The maximum atomic E-state index is 10.6. The summed E-state index contributed by atoms with van der Waals surface area (Å²) < 4.78 is 5.14. The number of rotatable bonds is 3. The first kappa shape index (κ1) is 13.7. The van der Waals surface area contributed by atoms with Gasteiger partial charge in [-0.05, 0) is 18.9 Å². The van der Waals surface area contributed by atoms with E-state index in [2.05, 4.69) is 14.9 Å². The van der Waals surface area contributed by atoms with Crippen molar-refractivity contribution in [1.82, 2.24) is 9.88 Å². The summed E-state index contributed by atoms with van der Waals surface area (Å²) in [4.78, 5) is 21.1. The standard InChI is InChI=1S/C13H14N4O3S/c1-16-7-3-2-4-11(16)15-13-14-9(8-21-13)10-5-6-12(20-10)17(18)19/h5-6,8H,2-4,7H2,1H3/b15-11-. The first-order valence-corrected chi connectivity index (χ1v) is 7.50. The lowest BCUT2D eigenvalue weighted by Gasteiger charge is -2.25. The molecule has 0 aromatic carbocycles. The van der Waals surface area contributed by atoms with E-state index in [0.29, 0.717) is 16.6 Å². The molecule has 7 nitrogen and oxygen atoms in total. The number of amidine groups is 1. The van der Waals surface area contributed by atoms with Crippen LogP contribution in [0.5, 0.6) is 0 Å². The van der Waals surface area contributed by atoms with Crippen LogP contribution < -0.4 is 0 Å². The van der Waals surface area contributed by atoms with Crippen LogP contribution >= 0.6 is 11.3 Å². The van der Waals surface area contributed by atoms with Crippen molar-refractivity contribution in [3.05, 3.63) is 27.6 Å². The molecule has 1 aliphatic rings. The van der Waals surface area contributed by atoms with Crippen LogP contribution in [0.15, 0.2) is 26.9 Å². The minimum atomic E-state index is -0.562. The fraction of sp³-hybridized carbons (Fsp3) is 0.385. The van der Waals surface area contributed by atoms with Crippen molar-refractivity contribution in [3.8, 4) is 11.5 Å². The summed E-state index contributed by atoms with van der Waals surface area (Å²) in [6.45, 7) is 1.02. The van der Waals surface area contributed by atoms with Crippen molar-refractivity contribution < 1.29 is 9.34 Å². The van der Waals surface area contributed by atoms with Gasteiger partial charge in [0.05, 0.1) is 6.07 Å². The number of nitrogens with zero attached hydrogens (tertiary/aromatic N) is 4. The van der Waals surface area contributed by atoms with Gasteiger partial charge in [0.2, 0.25) is 5.13 Å². The molecule has 0 amide bonds. The van der Waals surface area contributed by atoms with Gasteiger partial charge in [0.1, 0.15) is 16.5 Å². The Hall–Kier alpha value is -2.22. The van der Waals surface area contributed by atoms with Crippen LogP contribution in [0.1, 0.15) is 19.3 Å². The van der Waals surface area contributed by atoms with Gasteiger partial charge < -0.3 is 9.32 Å².